The lowest BCUT2D eigenvalue weighted by Gasteiger charge is -2.13. The van der Waals surface area contributed by atoms with Gasteiger partial charge in [-0.2, -0.15) is 5.10 Å². The zero-order valence-corrected chi connectivity index (χ0v) is 20.4. The molecule has 0 atom stereocenters. The first-order valence-electron chi connectivity index (χ1n) is 11.5. The Labute approximate surface area is 207 Å². The molecule has 2 heterocycles. The fourth-order valence-corrected chi connectivity index (χ4v) is 4.45. The third-order valence-electron chi connectivity index (χ3n) is 6.14. The third-order valence-corrected chi connectivity index (χ3v) is 6.50. The zero-order valence-electron chi connectivity index (χ0n) is 19.6. The lowest BCUT2D eigenvalue weighted by Crippen LogP contribution is -2.30. The van der Waals surface area contributed by atoms with Gasteiger partial charge < -0.3 is 5.32 Å². The number of hydrogen-bond acceptors (Lipinski definition) is 4. The van der Waals surface area contributed by atoms with Crippen molar-refractivity contribution in [3.63, 3.8) is 0 Å². The maximum absolute atomic E-state index is 13.3. The van der Waals surface area contributed by atoms with Crippen molar-refractivity contribution in [2.24, 2.45) is 0 Å². The standard InChI is InChI=1S/C26H26ClFN4O3/c1-16-24(17(2)32(30-16)15-18-11-12-19(28)14-22(18)27)29-23(33)10-4-3-7-13-31-25(34)20-8-5-6-9-21(20)26(31)35/h5-6,8-9,11-12,14H,3-4,7,10,13,15H2,1-2H3,(H,29,33). The van der Waals surface area contributed by atoms with E-state index in [0.717, 1.165) is 11.3 Å². The highest BCUT2D eigenvalue weighted by molar-refractivity contribution is 6.31. The van der Waals surface area contributed by atoms with Gasteiger partial charge in [-0.3, -0.25) is 24.0 Å². The number of rotatable bonds is 9. The van der Waals surface area contributed by atoms with Gasteiger partial charge in [-0.15, -0.1) is 0 Å². The molecule has 1 aliphatic heterocycles. The summed E-state index contributed by atoms with van der Waals surface area (Å²) in [7, 11) is 0. The molecule has 0 saturated carbocycles. The average Bonchev–Trinajstić information content (AvgIpc) is 3.23. The van der Waals surface area contributed by atoms with Crippen molar-refractivity contribution in [2.75, 3.05) is 11.9 Å². The second-order valence-electron chi connectivity index (χ2n) is 8.61. The largest absolute Gasteiger partial charge is 0.323 e. The Kier molecular flexibility index (Phi) is 7.31. The van der Waals surface area contributed by atoms with Crippen LogP contribution < -0.4 is 5.32 Å². The molecule has 2 aromatic carbocycles. The van der Waals surface area contributed by atoms with Gasteiger partial charge in [0, 0.05) is 18.0 Å². The van der Waals surface area contributed by atoms with Crippen molar-refractivity contribution < 1.29 is 18.8 Å². The van der Waals surface area contributed by atoms with E-state index in [1.54, 1.807) is 35.0 Å². The summed E-state index contributed by atoms with van der Waals surface area (Å²) < 4.78 is 15.0. The Balaban J connectivity index is 1.25. The Morgan fingerprint density at radius 2 is 1.71 bits per heavy atom. The van der Waals surface area contributed by atoms with Gasteiger partial charge in [0.05, 0.1) is 34.7 Å². The number of anilines is 1. The van der Waals surface area contributed by atoms with Gasteiger partial charge in [-0.25, -0.2) is 4.39 Å². The van der Waals surface area contributed by atoms with Gasteiger partial charge in [0.25, 0.3) is 11.8 Å². The summed E-state index contributed by atoms with van der Waals surface area (Å²) >= 11 is 6.14. The highest BCUT2D eigenvalue weighted by Gasteiger charge is 2.34. The van der Waals surface area contributed by atoms with Crippen LogP contribution in [0.5, 0.6) is 0 Å². The number of halogens is 2. The molecule has 1 aromatic heterocycles. The van der Waals surface area contributed by atoms with Crippen molar-refractivity contribution in [1.29, 1.82) is 0 Å². The van der Waals surface area contributed by atoms with E-state index in [0.29, 0.717) is 66.3 Å². The van der Waals surface area contributed by atoms with Gasteiger partial charge in [0.1, 0.15) is 5.82 Å². The Hall–Kier alpha value is -3.52. The fraction of sp³-hybridized carbons (Fsp3) is 0.308. The van der Waals surface area contributed by atoms with Gasteiger partial charge in [0.2, 0.25) is 5.91 Å². The second kappa shape index (κ2) is 10.4. The molecule has 3 amide bonds. The maximum Gasteiger partial charge on any atom is 0.261 e. The molecule has 0 spiro atoms. The number of nitrogens with one attached hydrogen (secondary N) is 1. The smallest absolute Gasteiger partial charge is 0.261 e. The molecular weight excluding hydrogens is 471 g/mol. The van der Waals surface area contributed by atoms with Gasteiger partial charge in [-0.05, 0) is 56.5 Å². The lowest BCUT2D eigenvalue weighted by atomic mass is 10.1. The molecule has 0 radical (unpaired) electrons. The topological polar surface area (TPSA) is 84.3 Å². The number of imide groups is 1. The molecule has 35 heavy (non-hydrogen) atoms. The number of carbonyl (C=O) groups excluding carboxylic acids is 3. The van der Waals surface area contributed by atoms with E-state index < -0.39 is 5.82 Å². The van der Waals surface area contributed by atoms with Gasteiger partial charge in [-0.1, -0.05) is 36.2 Å². The van der Waals surface area contributed by atoms with Gasteiger partial charge in [0.15, 0.2) is 0 Å². The van der Waals surface area contributed by atoms with Crippen LogP contribution in [0, 0.1) is 19.7 Å². The minimum absolute atomic E-state index is 0.128. The number of aryl methyl sites for hydroxylation is 1. The average molecular weight is 497 g/mol. The van der Waals surface area contributed by atoms with Crippen LogP contribution in [0.25, 0.3) is 0 Å². The molecule has 0 saturated heterocycles. The SMILES string of the molecule is Cc1nn(Cc2ccc(F)cc2Cl)c(C)c1NC(=O)CCCCCN1C(=O)c2ccccc2C1=O. The summed E-state index contributed by atoms with van der Waals surface area (Å²) in [6.45, 7) is 4.37. The minimum Gasteiger partial charge on any atom is -0.323 e. The summed E-state index contributed by atoms with van der Waals surface area (Å²) in [6.07, 6.45) is 2.29. The fourth-order valence-electron chi connectivity index (χ4n) is 4.22. The van der Waals surface area contributed by atoms with Crippen LogP contribution in [-0.4, -0.2) is 38.9 Å². The molecule has 3 aromatic rings. The Bertz CT molecular complexity index is 1270. The number of benzene rings is 2. The minimum atomic E-state index is -0.399. The number of nitrogens with zero attached hydrogens (tertiary/aromatic N) is 3. The van der Waals surface area contributed by atoms with E-state index in [9.17, 15) is 18.8 Å². The monoisotopic (exact) mass is 496 g/mol. The number of aromatic nitrogens is 2. The molecule has 0 aliphatic carbocycles. The van der Waals surface area contributed by atoms with Gasteiger partial charge >= 0.3 is 0 Å². The summed E-state index contributed by atoms with van der Waals surface area (Å²) in [4.78, 5) is 38.6. The number of fused-ring (bicyclic) bond motifs is 1. The van der Waals surface area contributed by atoms with E-state index in [4.69, 9.17) is 11.6 Å². The van der Waals surface area contributed by atoms with E-state index in [-0.39, 0.29) is 17.7 Å². The van der Waals surface area contributed by atoms with Crippen molar-refractivity contribution in [3.05, 3.63) is 81.4 Å². The van der Waals surface area contributed by atoms with Crippen LogP contribution in [0.2, 0.25) is 5.02 Å². The first-order valence-corrected chi connectivity index (χ1v) is 11.9. The van der Waals surface area contributed by atoms with Crippen LogP contribution in [0.3, 0.4) is 0 Å². The van der Waals surface area contributed by atoms with Crippen LogP contribution in [0.15, 0.2) is 42.5 Å². The third kappa shape index (κ3) is 5.27. The van der Waals surface area contributed by atoms with Crippen LogP contribution >= 0.6 is 11.6 Å². The Morgan fingerprint density at radius 3 is 2.37 bits per heavy atom. The molecular formula is C26H26ClFN4O3. The predicted octanol–water partition coefficient (Wildman–Crippen LogP) is 5.14. The maximum atomic E-state index is 13.3. The van der Waals surface area contributed by atoms with Crippen molar-refractivity contribution in [3.8, 4) is 0 Å². The first kappa shape index (κ1) is 24.6. The number of carbonyl (C=O) groups is 3. The summed E-state index contributed by atoms with van der Waals surface area (Å²) in [6, 6.07) is 11.1. The van der Waals surface area contributed by atoms with E-state index >= 15 is 0 Å². The van der Waals surface area contributed by atoms with Crippen LogP contribution in [0.1, 0.15) is 63.4 Å². The zero-order chi connectivity index (χ0) is 25.1. The van der Waals surface area contributed by atoms with Crippen LogP contribution in [-0.2, 0) is 11.3 Å². The lowest BCUT2D eigenvalue weighted by molar-refractivity contribution is -0.116. The molecule has 0 fully saturated rings. The van der Waals surface area contributed by atoms with Crippen molar-refractivity contribution >= 4 is 35.0 Å². The molecule has 9 heteroatoms. The van der Waals surface area contributed by atoms with Crippen molar-refractivity contribution in [1.82, 2.24) is 14.7 Å². The molecule has 182 valence electrons. The summed E-state index contributed by atoms with van der Waals surface area (Å²) in [5.74, 6) is -1.04. The normalized spacial score (nSPS) is 12.9. The molecule has 4 rings (SSSR count). The molecule has 0 bridgehead atoms. The summed E-state index contributed by atoms with van der Waals surface area (Å²) in [5.41, 5.74) is 3.74. The molecule has 1 N–H and O–H groups in total. The molecule has 0 unspecified atom stereocenters. The summed E-state index contributed by atoms with van der Waals surface area (Å²) in [5, 5.41) is 7.74. The second-order valence-corrected chi connectivity index (χ2v) is 9.01. The van der Waals surface area contributed by atoms with E-state index in [1.165, 1.54) is 17.0 Å². The number of amides is 3. The molecule has 7 nitrogen and oxygen atoms in total. The number of unbranched alkanes of at least 4 members (excludes halogenated alkanes) is 2. The predicted molar refractivity (Wildman–Crippen MR) is 131 cm³/mol. The quantitative estimate of drug-likeness (QED) is 0.328. The van der Waals surface area contributed by atoms with E-state index in [2.05, 4.69) is 10.4 Å². The van der Waals surface area contributed by atoms with Crippen LogP contribution in [0.4, 0.5) is 10.1 Å². The highest BCUT2D eigenvalue weighted by atomic mass is 35.5. The number of hydrogen-bond donors (Lipinski definition) is 1. The molecule has 1 aliphatic rings. The van der Waals surface area contributed by atoms with E-state index in [1.807, 2.05) is 13.8 Å². The Morgan fingerprint density at radius 1 is 1.03 bits per heavy atom. The highest BCUT2D eigenvalue weighted by Crippen LogP contribution is 2.25. The van der Waals surface area contributed by atoms with Crippen molar-refractivity contribution in [2.45, 2.75) is 46.1 Å². The first-order chi connectivity index (χ1) is 16.8.